The van der Waals surface area contributed by atoms with E-state index in [2.05, 4.69) is 5.32 Å². The lowest BCUT2D eigenvalue weighted by molar-refractivity contribution is 0.0945. The van der Waals surface area contributed by atoms with Crippen LogP contribution in [0.3, 0.4) is 0 Å². The fourth-order valence-electron chi connectivity index (χ4n) is 2.21. The smallest absolute Gasteiger partial charge is 0.258 e. The summed E-state index contributed by atoms with van der Waals surface area (Å²) in [6.45, 7) is 3.80. The van der Waals surface area contributed by atoms with E-state index in [1.807, 2.05) is 13.0 Å². The average molecular weight is 288 g/mol. The molecule has 21 heavy (non-hydrogen) atoms. The van der Waals surface area contributed by atoms with Crippen LogP contribution in [0.1, 0.15) is 23.7 Å². The topological polar surface area (TPSA) is 60.3 Å². The molecule has 0 atom stereocenters. The molecule has 0 bridgehead atoms. The lowest BCUT2D eigenvalue weighted by atomic mass is 10.1. The van der Waals surface area contributed by atoms with Crippen molar-refractivity contribution in [2.75, 3.05) is 19.8 Å². The van der Waals surface area contributed by atoms with Gasteiger partial charge in [-0.15, -0.1) is 0 Å². The van der Waals surface area contributed by atoms with Crippen molar-refractivity contribution >= 4 is 16.7 Å². The molecular formula is C16H20N2O3. The number of hydrogen-bond donors (Lipinski definition) is 1. The van der Waals surface area contributed by atoms with Crippen LogP contribution in [0, 0.1) is 0 Å². The van der Waals surface area contributed by atoms with E-state index in [-0.39, 0.29) is 11.5 Å². The van der Waals surface area contributed by atoms with Crippen LogP contribution in [0.4, 0.5) is 0 Å². The zero-order chi connectivity index (χ0) is 15.2. The molecule has 0 fully saturated rings. The molecule has 2 rings (SSSR count). The Morgan fingerprint density at radius 1 is 1.29 bits per heavy atom. The van der Waals surface area contributed by atoms with Crippen molar-refractivity contribution in [2.24, 2.45) is 7.05 Å². The summed E-state index contributed by atoms with van der Waals surface area (Å²) in [5.74, 6) is -0.168. The molecule has 0 unspecified atom stereocenters. The third-order valence-corrected chi connectivity index (χ3v) is 3.29. The van der Waals surface area contributed by atoms with Crippen LogP contribution in [-0.2, 0) is 11.8 Å². The lowest BCUT2D eigenvalue weighted by Crippen LogP contribution is -2.28. The molecule has 112 valence electrons. The maximum absolute atomic E-state index is 12.3. The zero-order valence-corrected chi connectivity index (χ0v) is 12.4. The van der Waals surface area contributed by atoms with Crippen molar-refractivity contribution in [3.05, 3.63) is 46.4 Å². The van der Waals surface area contributed by atoms with Crippen molar-refractivity contribution in [3.8, 4) is 0 Å². The minimum Gasteiger partial charge on any atom is -0.382 e. The van der Waals surface area contributed by atoms with Crippen molar-refractivity contribution in [1.82, 2.24) is 9.88 Å². The van der Waals surface area contributed by atoms with E-state index in [1.54, 1.807) is 31.4 Å². The Labute approximate surface area is 123 Å². The molecule has 5 heteroatoms. The Balaban J connectivity index is 2.20. The van der Waals surface area contributed by atoms with Crippen LogP contribution >= 0.6 is 0 Å². The molecular weight excluding hydrogens is 268 g/mol. The van der Waals surface area contributed by atoms with Crippen LogP contribution in [0.25, 0.3) is 10.8 Å². The van der Waals surface area contributed by atoms with Gasteiger partial charge in [-0.3, -0.25) is 9.59 Å². The largest absolute Gasteiger partial charge is 0.382 e. The lowest BCUT2D eigenvalue weighted by Gasteiger charge is -2.10. The molecule has 0 aliphatic heterocycles. The molecule has 1 amide bonds. The fourth-order valence-corrected chi connectivity index (χ4v) is 2.21. The van der Waals surface area contributed by atoms with E-state index in [1.165, 1.54) is 4.57 Å². The van der Waals surface area contributed by atoms with E-state index in [0.29, 0.717) is 36.1 Å². The quantitative estimate of drug-likeness (QED) is 0.823. The number of amides is 1. The van der Waals surface area contributed by atoms with Gasteiger partial charge < -0.3 is 14.6 Å². The second-order valence-electron chi connectivity index (χ2n) is 4.81. The highest BCUT2D eigenvalue weighted by molar-refractivity contribution is 6.06. The molecule has 2 aromatic rings. The summed E-state index contributed by atoms with van der Waals surface area (Å²) in [5.41, 5.74) is 0.419. The summed E-state index contributed by atoms with van der Waals surface area (Å²) in [7, 11) is 1.65. The number of rotatable bonds is 6. The highest BCUT2D eigenvalue weighted by Gasteiger charge is 2.12. The van der Waals surface area contributed by atoms with Gasteiger partial charge in [-0.05, 0) is 19.4 Å². The molecule has 5 nitrogen and oxygen atoms in total. The van der Waals surface area contributed by atoms with E-state index < -0.39 is 0 Å². The summed E-state index contributed by atoms with van der Waals surface area (Å²) in [5, 5.41) is 4.10. The zero-order valence-electron chi connectivity index (χ0n) is 12.4. The van der Waals surface area contributed by atoms with E-state index >= 15 is 0 Å². The predicted octanol–water partition coefficient (Wildman–Crippen LogP) is 1.69. The summed E-state index contributed by atoms with van der Waals surface area (Å²) in [6.07, 6.45) is 2.35. The molecule has 0 spiro atoms. The average Bonchev–Trinajstić information content (AvgIpc) is 2.50. The Kier molecular flexibility index (Phi) is 5.11. The molecule has 0 radical (unpaired) electrons. The van der Waals surface area contributed by atoms with Gasteiger partial charge in [0.05, 0.1) is 5.56 Å². The van der Waals surface area contributed by atoms with Crippen LogP contribution in [0.5, 0.6) is 0 Å². The predicted molar refractivity (Wildman–Crippen MR) is 82.6 cm³/mol. The fraction of sp³-hybridized carbons (Fsp3) is 0.375. The Hall–Kier alpha value is -2.14. The maximum atomic E-state index is 12.3. The Morgan fingerprint density at radius 3 is 2.71 bits per heavy atom. The summed E-state index contributed by atoms with van der Waals surface area (Å²) in [6, 6.07) is 7.16. The number of hydrogen-bond acceptors (Lipinski definition) is 3. The van der Waals surface area contributed by atoms with Crippen LogP contribution in [-0.4, -0.2) is 30.2 Å². The van der Waals surface area contributed by atoms with Gasteiger partial charge in [0.2, 0.25) is 0 Å². The Morgan fingerprint density at radius 2 is 2.00 bits per heavy atom. The molecule has 0 aliphatic carbocycles. The van der Waals surface area contributed by atoms with Crippen LogP contribution < -0.4 is 10.9 Å². The van der Waals surface area contributed by atoms with E-state index in [0.717, 1.165) is 6.42 Å². The molecule has 1 aromatic carbocycles. The normalized spacial score (nSPS) is 10.8. The summed E-state index contributed by atoms with van der Waals surface area (Å²) in [4.78, 5) is 24.3. The number of carbonyl (C=O) groups is 1. The van der Waals surface area contributed by atoms with Gasteiger partial charge in [-0.25, -0.2) is 0 Å². The van der Waals surface area contributed by atoms with Gasteiger partial charge in [0.15, 0.2) is 0 Å². The first kappa shape index (κ1) is 15.3. The van der Waals surface area contributed by atoms with Crippen LogP contribution in [0.15, 0.2) is 35.3 Å². The molecule has 0 aliphatic rings. The SMILES string of the molecule is CCOCCCNC(=O)c1cn(C)c(=O)c2ccccc12. The first-order valence-corrected chi connectivity index (χ1v) is 7.09. The molecule has 1 aromatic heterocycles. The number of nitrogens with one attached hydrogen (secondary N) is 1. The maximum Gasteiger partial charge on any atom is 0.258 e. The minimum atomic E-state index is -0.168. The standard InChI is InChI=1S/C16H20N2O3/c1-3-21-10-6-9-17-15(19)14-11-18(2)16(20)13-8-5-4-7-12(13)14/h4-5,7-8,11H,3,6,9-10H2,1-2H3,(H,17,19). The number of benzene rings is 1. The number of ether oxygens (including phenoxy) is 1. The van der Waals surface area contributed by atoms with Gasteiger partial charge in [0.1, 0.15) is 0 Å². The molecule has 1 N–H and O–H groups in total. The van der Waals surface area contributed by atoms with Crippen molar-refractivity contribution < 1.29 is 9.53 Å². The molecule has 1 heterocycles. The third-order valence-electron chi connectivity index (χ3n) is 3.29. The number of pyridine rings is 1. The first-order valence-electron chi connectivity index (χ1n) is 7.09. The van der Waals surface area contributed by atoms with E-state index in [9.17, 15) is 9.59 Å². The van der Waals surface area contributed by atoms with Crippen LogP contribution in [0.2, 0.25) is 0 Å². The van der Waals surface area contributed by atoms with Crippen molar-refractivity contribution in [2.45, 2.75) is 13.3 Å². The highest BCUT2D eigenvalue weighted by atomic mass is 16.5. The van der Waals surface area contributed by atoms with E-state index in [4.69, 9.17) is 4.74 Å². The summed E-state index contributed by atoms with van der Waals surface area (Å²) < 4.78 is 6.67. The second kappa shape index (κ2) is 7.04. The number of fused-ring (bicyclic) bond motifs is 1. The number of aromatic nitrogens is 1. The minimum absolute atomic E-state index is 0.0986. The monoisotopic (exact) mass is 288 g/mol. The number of nitrogens with zero attached hydrogens (tertiary/aromatic N) is 1. The van der Waals surface area contributed by atoms with Gasteiger partial charge in [-0.1, -0.05) is 18.2 Å². The number of carbonyl (C=O) groups excluding carboxylic acids is 1. The van der Waals surface area contributed by atoms with Crippen molar-refractivity contribution in [1.29, 1.82) is 0 Å². The van der Waals surface area contributed by atoms with Crippen molar-refractivity contribution in [3.63, 3.8) is 0 Å². The molecule has 0 saturated heterocycles. The van der Waals surface area contributed by atoms with Gasteiger partial charge in [0.25, 0.3) is 11.5 Å². The first-order chi connectivity index (χ1) is 10.1. The van der Waals surface area contributed by atoms with Gasteiger partial charge in [-0.2, -0.15) is 0 Å². The third kappa shape index (κ3) is 3.49. The Bertz CT molecular complexity index is 691. The second-order valence-corrected chi connectivity index (χ2v) is 4.81. The molecule has 0 saturated carbocycles. The highest BCUT2D eigenvalue weighted by Crippen LogP contribution is 2.14. The van der Waals surface area contributed by atoms with Gasteiger partial charge in [0, 0.05) is 43.8 Å². The van der Waals surface area contributed by atoms with Gasteiger partial charge >= 0.3 is 0 Å². The summed E-state index contributed by atoms with van der Waals surface area (Å²) >= 11 is 0. The number of aryl methyl sites for hydroxylation is 1.